The Morgan fingerprint density at radius 1 is 1.10 bits per heavy atom. The van der Waals surface area contributed by atoms with Crippen LogP contribution in [-0.2, 0) is 4.79 Å². The van der Waals surface area contributed by atoms with Crippen LogP contribution in [0.25, 0.3) is 0 Å². The van der Waals surface area contributed by atoms with Crippen LogP contribution in [0.1, 0.15) is 51.4 Å². The zero-order valence-corrected chi connectivity index (χ0v) is 22.9. The van der Waals surface area contributed by atoms with E-state index < -0.39 is 11.7 Å². The third-order valence-corrected chi connectivity index (χ3v) is 8.18. The summed E-state index contributed by atoms with van der Waals surface area (Å²) in [6, 6.07) is 4.86. The van der Waals surface area contributed by atoms with Gasteiger partial charge in [0.15, 0.2) is 17.9 Å². The normalized spacial score (nSPS) is 27.8. The van der Waals surface area contributed by atoms with Gasteiger partial charge in [0.05, 0.1) is 13.2 Å². The topological polar surface area (TPSA) is 123 Å². The van der Waals surface area contributed by atoms with E-state index in [1.54, 1.807) is 12.1 Å². The van der Waals surface area contributed by atoms with Crippen LogP contribution in [-0.4, -0.2) is 97.4 Å². The van der Waals surface area contributed by atoms with E-state index in [4.69, 9.17) is 20.5 Å². The lowest BCUT2D eigenvalue weighted by Gasteiger charge is -2.47. The Hall–Kier alpha value is -2.80. The molecule has 5 rings (SSSR count). The molecule has 1 aromatic rings. The highest BCUT2D eigenvalue weighted by atomic mass is 19.1. The predicted molar refractivity (Wildman–Crippen MR) is 150 cm³/mol. The van der Waals surface area contributed by atoms with Gasteiger partial charge < -0.3 is 20.2 Å². The fourth-order valence-electron chi connectivity index (χ4n) is 6.00. The maximum atomic E-state index is 14.4. The van der Waals surface area contributed by atoms with Gasteiger partial charge in [-0.2, -0.15) is 4.99 Å². The number of aliphatic imine (C=N–C) groups is 2. The van der Waals surface area contributed by atoms with E-state index in [0.717, 1.165) is 57.9 Å². The number of nitrogens with zero attached hydrogens (tertiary/aromatic N) is 5. The lowest BCUT2D eigenvalue weighted by Crippen LogP contribution is -2.74. The summed E-state index contributed by atoms with van der Waals surface area (Å²) in [4.78, 5) is 28.3. The summed E-state index contributed by atoms with van der Waals surface area (Å²) in [6.07, 6.45) is 10.0. The Morgan fingerprint density at radius 2 is 1.79 bits per heavy atom. The summed E-state index contributed by atoms with van der Waals surface area (Å²) in [5.41, 5.74) is 7.45. The molecule has 39 heavy (non-hydrogen) atoms. The molecule has 0 spiro atoms. The summed E-state index contributed by atoms with van der Waals surface area (Å²) in [5.74, 6) is -0.606. The molecule has 12 heteroatoms. The number of anilines is 1. The molecule has 1 aliphatic carbocycles. The van der Waals surface area contributed by atoms with Crippen molar-refractivity contribution in [3.8, 4) is 5.75 Å². The smallest absolute Gasteiger partial charge is 0.250 e. The summed E-state index contributed by atoms with van der Waals surface area (Å²) in [7, 11) is 1.44. The van der Waals surface area contributed by atoms with Crippen molar-refractivity contribution < 1.29 is 13.9 Å². The highest BCUT2D eigenvalue weighted by Crippen LogP contribution is 2.24. The lowest BCUT2D eigenvalue weighted by molar-refractivity contribution is -0.120. The highest BCUT2D eigenvalue weighted by Gasteiger charge is 2.41. The summed E-state index contributed by atoms with van der Waals surface area (Å²) in [6.45, 7) is 4.59. The zero-order chi connectivity index (χ0) is 27.2. The van der Waals surface area contributed by atoms with E-state index in [2.05, 4.69) is 30.7 Å². The van der Waals surface area contributed by atoms with Crippen molar-refractivity contribution in [2.24, 2.45) is 15.7 Å². The van der Waals surface area contributed by atoms with Gasteiger partial charge in [-0.3, -0.25) is 20.9 Å². The number of hydrogen-bond donors (Lipinski definition) is 4. The second-order valence-electron chi connectivity index (χ2n) is 10.8. The molecule has 4 aliphatic rings. The maximum Gasteiger partial charge on any atom is 0.250 e. The number of likely N-dealkylation sites (tertiary alicyclic amines) is 1. The third kappa shape index (κ3) is 6.68. The van der Waals surface area contributed by atoms with Gasteiger partial charge in [0.1, 0.15) is 6.17 Å². The molecule has 3 heterocycles. The van der Waals surface area contributed by atoms with Gasteiger partial charge in [0.25, 0.3) is 0 Å². The van der Waals surface area contributed by atoms with Crippen LogP contribution in [0.15, 0.2) is 28.2 Å². The van der Waals surface area contributed by atoms with Gasteiger partial charge in [-0.1, -0.05) is 25.7 Å². The largest absolute Gasteiger partial charge is 0.494 e. The standard InChI is InChI=1S/C27H42FN9O2/c1-39-23-11-10-21(18-22(23)28)31-26-32-25(30-20-8-4-2-3-5-9-20)33-27(29,34-26)37-16-14-36(15-17-37)24(19-38)35-12-6-7-13-35/h10-11,18-20,24H,2-9,12-17,29H2,1H3,(H3,30,31,32,33,34). The Morgan fingerprint density at radius 3 is 2.44 bits per heavy atom. The molecule has 214 valence electrons. The quantitative estimate of drug-likeness (QED) is 0.301. The molecule has 0 amide bonds. The number of ether oxygens (including phenoxy) is 1. The Kier molecular flexibility index (Phi) is 8.96. The molecular weight excluding hydrogens is 501 g/mol. The number of rotatable bonds is 7. The van der Waals surface area contributed by atoms with Crippen molar-refractivity contribution in [2.45, 2.75) is 69.5 Å². The van der Waals surface area contributed by atoms with Crippen LogP contribution >= 0.6 is 0 Å². The summed E-state index contributed by atoms with van der Waals surface area (Å²) < 4.78 is 19.4. The molecule has 3 aliphatic heterocycles. The van der Waals surface area contributed by atoms with E-state index in [9.17, 15) is 9.18 Å². The summed E-state index contributed by atoms with van der Waals surface area (Å²) >= 11 is 0. The first-order valence-electron chi connectivity index (χ1n) is 14.3. The molecule has 3 fully saturated rings. The van der Waals surface area contributed by atoms with Gasteiger partial charge in [-0.25, -0.2) is 14.3 Å². The third-order valence-electron chi connectivity index (χ3n) is 8.18. The van der Waals surface area contributed by atoms with Crippen molar-refractivity contribution in [1.82, 2.24) is 25.3 Å². The number of carbonyl (C=O) groups excluding carboxylic acids is 1. The van der Waals surface area contributed by atoms with Crippen molar-refractivity contribution in [3.63, 3.8) is 0 Å². The lowest BCUT2D eigenvalue weighted by atomic mass is 10.1. The zero-order valence-electron chi connectivity index (χ0n) is 22.9. The first-order chi connectivity index (χ1) is 19.0. The van der Waals surface area contributed by atoms with Crippen molar-refractivity contribution in [2.75, 3.05) is 51.7 Å². The average Bonchev–Trinajstić information content (AvgIpc) is 3.33. The Balaban J connectivity index is 1.34. The minimum atomic E-state index is -1.25. The fourth-order valence-corrected chi connectivity index (χ4v) is 6.00. The number of guanidine groups is 2. The predicted octanol–water partition coefficient (Wildman–Crippen LogP) is 1.68. The number of benzene rings is 1. The van der Waals surface area contributed by atoms with Gasteiger partial charge in [0.2, 0.25) is 17.8 Å². The van der Waals surface area contributed by atoms with Crippen molar-refractivity contribution >= 4 is 23.9 Å². The first kappa shape index (κ1) is 27.8. The fraction of sp³-hybridized carbons (Fsp3) is 0.667. The number of nitrogens with one attached hydrogen (secondary N) is 3. The van der Waals surface area contributed by atoms with Gasteiger partial charge in [-0.15, -0.1) is 0 Å². The number of carbonyl (C=O) groups is 1. The molecule has 2 unspecified atom stereocenters. The van der Waals surface area contributed by atoms with Crippen LogP contribution in [0.4, 0.5) is 10.1 Å². The van der Waals surface area contributed by atoms with Crippen molar-refractivity contribution in [1.29, 1.82) is 0 Å². The molecule has 2 saturated heterocycles. The van der Waals surface area contributed by atoms with Crippen LogP contribution < -0.4 is 26.4 Å². The van der Waals surface area contributed by atoms with Gasteiger partial charge in [0, 0.05) is 51.0 Å². The Bertz CT molecular complexity index is 1050. The molecule has 0 radical (unpaired) electrons. The summed E-state index contributed by atoms with van der Waals surface area (Å²) in [5, 5.41) is 9.76. The van der Waals surface area contributed by atoms with Crippen molar-refractivity contribution in [3.05, 3.63) is 24.0 Å². The Labute approximate surface area is 230 Å². The molecule has 1 saturated carbocycles. The maximum absolute atomic E-state index is 14.4. The number of methoxy groups -OCH3 is 1. The minimum Gasteiger partial charge on any atom is -0.494 e. The van der Waals surface area contributed by atoms with Crippen LogP contribution in [0.3, 0.4) is 0 Å². The number of aldehydes is 1. The minimum absolute atomic E-state index is 0.171. The molecule has 0 aromatic heterocycles. The number of piperazine rings is 1. The molecule has 1 aromatic carbocycles. The number of nitrogens with two attached hydrogens (primary N) is 1. The second kappa shape index (κ2) is 12.6. The average molecular weight is 544 g/mol. The van der Waals surface area contributed by atoms with Crippen LogP contribution in [0.2, 0.25) is 0 Å². The SMILES string of the molecule is COc1ccc(NC2=NC(N)(N3CCN(C(C=O)N4CCCC4)CC3)NC(=NC3CCCCCC3)N2)cc1F. The van der Waals surface area contributed by atoms with Gasteiger partial charge in [-0.05, 0) is 37.8 Å². The highest BCUT2D eigenvalue weighted by molar-refractivity contribution is 6.07. The molecule has 0 bridgehead atoms. The molecular formula is C27H42FN9O2. The van der Waals surface area contributed by atoms with E-state index in [1.807, 2.05) is 0 Å². The number of hydrogen-bond acceptors (Lipinski definition) is 9. The van der Waals surface area contributed by atoms with E-state index in [1.165, 1.54) is 26.0 Å². The number of halogens is 1. The molecule has 2 atom stereocenters. The second-order valence-corrected chi connectivity index (χ2v) is 10.8. The molecule has 11 nitrogen and oxygen atoms in total. The van der Waals surface area contributed by atoms with E-state index in [-0.39, 0.29) is 18.0 Å². The van der Waals surface area contributed by atoms with Crippen LogP contribution in [0.5, 0.6) is 5.75 Å². The first-order valence-corrected chi connectivity index (χ1v) is 14.3. The van der Waals surface area contributed by atoms with E-state index >= 15 is 0 Å². The van der Waals surface area contributed by atoms with Gasteiger partial charge >= 0.3 is 0 Å². The monoisotopic (exact) mass is 543 g/mol. The molecule has 5 N–H and O–H groups in total. The van der Waals surface area contributed by atoms with Crippen LogP contribution in [0, 0.1) is 5.82 Å². The van der Waals surface area contributed by atoms with E-state index in [0.29, 0.717) is 43.8 Å².